The average molecular weight is 397 g/mol. The van der Waals surface area contributed by atoms with Gasteiger partial charge in [0.2, 0.25) is 0 Å². The second-order valence-corrected chi connectivity index (χ2v) is 7.83. The zero-order valence-electron chi connectivity index (χ0n) is 13.2. The predicted molar refractivity (Wildman–Crippen MR) is 93.4 cm³/mol. The van der Waals surface area contributed by atoms with Crippen molar-refractivity contribution in [2.24, 2.45) is 0 Å². The van der Waals surface area contributed by atoms with E-state index in [1.165, 1.54) is 28.8 Å². The van der Waals surface area contributed by atoms with Crippen LogP contribution in [0.1, 0.15) is 0 Å². The molecule has 6 nitrogen and oxygen atoms in total. The van der Waals surface area contributed by atoms with Gasteiger partial charge in [-0.25, -0.2) is 18.1 Å². The summed E-state index contributed by atoms with van der Waals surface area (Å²) in [6.07, 6.45) is 0. The number of hydrogen-bond donors (Lipinski definition) is 1. The Morgan fingerprint density at radius 3 is 2.46 bits per heavy atom. The molecule has 10 heteroatoms. The fourth-order valence-electron chi connectivity index (χ4n) is 2.36. The Kier molecular flexibility index (Phi) is 5.23. The van der Waals surface area contributed by atoms with Crippen molar-refractivity contribution in [2.45, 2.75) is 22.4 Å². The van der Waals surface area contributed by atoms with Crippen molar-refractivity contribution >= 4 is 38.7 Å². The van der Waals surface area contributed by atoms with Gasteiger partial charge >= 0.3 is 0 Å². The maximum absolute atomic E-state index is 12.8. The molecule has 2 aromatic carbocycles. The number of halogens is 2. The van der Waals surface area contributed by atoms with Gasteiger partial charge in [0.25, 0.3) is 21.7 Å². The lowest BCUT2D eigenvalue weighted by atomic mass is 10.3. The zero-order valence-corrected chi connectivity index (χ0v) is 14.8. The first-order chi connectivity index (χ1) is 12.4. The van der Waals surface area contributed by atoms with Gasteiger partial charge in [0.15, 0.2) is 5.16 Å². The maximum atomic E-state index is 12.8. The van der Waals surface area contributed by atoms with Crippen molar-refractivity contribution in [2.75, 3.05) is 0 Å². The molecule has 0 saturated heterocycles. The molecule has 0 fully saturated rings. The molecular formula is C16H13F2N3O3S2. The van der Waals surface area contributed by atoms with Crippen LogP contribution in [0.4, 0.5) is 8.78 Å². The molecule has 26 heavy (non-hydrogen) atoms. The molecule has 1 aromatic heterocycles. The number of imidazole rings is 1. The summed E-state index contributed by atoms with van der Waals surface area (Å²) in [6, 6.07) is 14.0. The summed E-state index contributed by atoms with van der Waals surface area (Å²) in [7, 11) is -4.04. The number of carbonyl (C=O) groups excluding carboxylic acids is 1. The summed E-state index contributed by atoms with van der Waals surface area (Å²) in [5.41, 5.74) is 0.900. The Bertz CT molecular complexity index is 1040. The average Bonchev–Trinajstić information content (AvgIpc) is 2.92. The van der Waals surface area contributed by atoms with Gasteiger partial charge in [-0.1, -0.05) is 30.3 Å². The molecule has 1 N–H and O–H groups in total. The molecule has 3 aromatic rings. The van der Waals surface area contributed by atoms with Gasteiger partial charge in [-0.3, -0.25) is 4.79 Å². The highest BCUT2D eigenvalue weighted by Gasteiger charge is 2.21. The van der Waals surface area contributed by atoms with Crippen LogP contribution in [0.2, 0.25) is 0 Å². The summed E-state index contributed by atoms with van der Waals surface area (Å²) in [5.74, 6) is -3.57. The Hall–Kier alpha value is -2.46. The van der Waals surface area contributed by atoms with Crippen molar-refractivity contribution in [3.8, 4) is 0 Å². The predicted octanol–water partition coefficient (Wildman–Crippen LogP) is 2.86. The maximum Gasteiger partial charge on any atom is 0.291 e. The standard InChI is InChI=1S/C16H13F2N3O3S2/c17-15(18)25-16-19-12-8-4-5-9-13(12)21(16)10-14(22)20-26(23,24)11-6-2-1-3-7-11/h1-9,15H,10H2,(H,20,22). The topological polar surface area (TPSA) is 81.1 Å². The van der Waals surface area contributed by atoms with Crippen molar-refractivity contribution in [1.82, 2.24) is 14.3 Å². The lowest BCUT2D eigenvalue weighted by Crippen LogP contribution is -2.33. The second kappa shape index (κ2) is 7.42. The van der Waals surface area contributed by atoms with Crippen LogP contribution >= 0.6 is 11.8 Å². The van der Waals surface area contributed by atoms with Crippen molar-refractivity contribution in [3.63, 3.8) is 0 Å². The normalized spacial score (nSPS) is 11.8. The first-order valence-corrected chi connectivity index (χ1v) is 9.74. The number of amides is 1. The highest BCUT2D eigenvalue weighted by atomic mass is 32.2. The van der Waals surface area contributed by atoms with E-state index >= 15 is 0 Å². The molecule has 0 atom stereocenters. The molecule has 1 amide bonds. The Morgan fingerprint density at radius 2 is 1.77 bits per heavy atom. The molecule has 1 heterocycles. The lowest BCUT2D eigenvalue weighted by molar-refractivity contribution is -0.119. The minimum Gasteiger partial charge on any atom is -0.309 e. The smallest absolute Gasteiger partial charge is 0.291 e. The molecule has 0 aliphatic carbocycles. The van der Waals surface area contributed by atoms with Crippen LogP contribution in [0.25, 0.3) is 11.0 Å². The van der Waals surface area contributed by atoms with Crippen LogP contribution in [0, 0.1) is 0 Å². The van der Waals surface area contributed by atoms with E-state index in [0.29, 0.717) is 11.0 Å². The number of rotatable bonds is 6. The van der Waals surface area contributed by atoms with Crippen molar-refractivity contribution < 1.29 is 22.0 Å². The number of benzene rings is 2. The summed E-state index contributed by atoms with van der Waals surface area (Å²) < 4.78 is 53.2. The molecule has 0 saturated carbocycles. The number of nitrogens with zero attached hydrogens (tertiary/aromatic N) is 2. The van der Waals surface area contributed by atoms with Crippen LogP contribution in [0.3, 0.4) is 0 Å². The monoisotopic (exact) mass is 397 g/mol. The van der Waals surface area contributed by atoms with Gasteiger partial charge in [0, 0.05) is 0 Å². The molecule has 0 spiro atoms. The van der Waals surface area contributed by atoms with Crippen LogP contribution in [0.5, 0.6) is 0 Å². The molecule has 0 radical (unpaired) electrons. The van der Waals surface area contributed by atoms with Gasteiger partial charge in [-0.05, 0) is 36.0 Å². The fourth-order valence-corrected chi connectivity index (χ4v) is 3.96. The number of sulfonamides is 1. The highest BCUT2D eigenvalue weighted by Crippen LogP contribution is 2.28. The number of carbonyl (C=O) groups is 1. The molecule has 0 bridgehead atoms. The second-order valence-electron chi connectivity index (χ2n) is 5.19. The van der Waals surface area contributed by atoms with E-state index in [0.717, 1.165) is 0 Å². The summed E-state index contributed by atoms with van der Waals surface area (Å²) in [4.78, 5) is 16.3. The number of fused-ring (bicyclic) bond motifs is 1. The van der Waals surface area contributed by atoms with Crippen molar-refractivity contribution in [1.29, 1.82) is 0 Å². The van der Waals surface area contributed by atoms with Gasteiger partial charge in [-0.15, -0.1) is 0 Å². The van der Waals surface area contributed by atoms with E-state index in [-0.39, 0.29) is 21.8 Å². The van der Waals surface area contributed by atoms with E-state index in [1.807, 2.05) is 4.72 Å². The zero-order chi connectivity index (χ0) is 18.7. The molecule has 3 rings (SSSR count). The quantitative estimate of drug-likeness (QED) is 0.647. The largest absolute Gasteiger partial charge is 0.309 e. The highest BCUT2D eigenvalue weighted by molar-refractivity contribution is 7.99. The summed E-state index contributed by atoms with van der Waals surface area (Å²) in [6.45, 7) is -0.457. The minimum absolute atomic E-state index is 0.0616. The van der Waals surface area contributed by atoms with E-state index in [1.54, 1.807) is 30.3 Å². The third kappa shape index (κ3) is 4.02. The van der Waals surface area contributed by atoms with E-state index in [2.05, 4.69) is 4.98 Å². The number of para-hydroxylation sites is 2. The number of nitrogens with one attached hydrogen (secondary N) is 1. The number of aromatic nitrogens is 2. The molecule has 0 unspecified atom stereocenters. The van der Waals surface area contributed by atoms with Gasteiger partial charge in [0.05, 0.1) is 15.9 Å². The van der Waals surface area contributed by atoms with Crippen LogP contribution in [-0.4, -0.2) is 29.6 Å². The van der Waals surface area contributed by atoms with Crippen molar-refractivity contribution in [3.05, 3.63) is 54.6 Å². The minimum atomic E-state index is -4.04. The SMILES string of the molecule is O=C(Cn1c(SC(F)F)nc2ccccc21)NS(=O)(=O)c1ccccc1. The van der Waals surface area contributed by atoms with E-state index in [9.17, 15) is 22.0 Å². The van der Waals surface area contributed by atoms with Crippen LogP contribution < -0.4 is 4.72 Å². The number of thioether (sulfide) groups is 1. The Balaban J connectivity index is 1.87. The number of hydrogen-bond acceptors (Lipinski definition) is 5. The fraction of sp³-hybridized carbons (Fsp3) is 0.125. The molecule has 0 aliphatic rings. The van der Waals surface area contributed by atoms with Crippen LogP contribution in [0.15, 0.2) is 64.6 Å². The molecule has 0 aliphatic heterocycles. The van der Waals surface area contributed by atoms with E-state index in [4.69, 9.17) is 0 Å². The first kappa shape index (κ1) is 18.3. The van der Waals surface area contributed by atoms with Gasteiger partial charge < -0.3 is 4.57 Å². The number of alkyl halides is 2. The van der Waals surface area contributed by atoms with Crippen LogP contribution in [-0.2, 0) is 21.4 Å². The third-order valence-electron chi connectivity index (χ3n) is 3.42. The lowest BCUT2D eigenvalue weighted by Gasteiger charge is -2.10. The Morgan fingerprint density at radius 1 is 1.12 bits per heavy atom. The van der Waals surface area contributed by atoms with Gasteiger partial charge in [-0.2, -0.15) is 8.78 Å². The van der Waals surface area contributed by atoms with Gasteiger partial charge in [0.1, 0.15) is 6.54 Å². The summed E-state index contributed by atoms with van der Waals surface area (Å²) in [5, 5.41) is -0.0616. The van der Waals surface area contributed by atoms with E-state index < -0.39 is 28.2 Å². The third-order valence-corrected chi connectivity index (χ3v) is 5.51. The molecular weight excluding hydrogens is 384 g/mol. The Labute approximate surface area is 152 Å². The summed E-state index contributed by atoms with van der Waals surface area (Å²) >= 11 is 0.196. The first-order valence-electron chi connectivity index (χ1n) is 7.37. The molecule has 136 valence electrons.